The first-order valence-corrected chi connectivity index (χ1v) is 12.4. The molecule has 1 N–H and O–H groups in total. The molecular formula is C26H36N2O3S. The van der Waals surface area contributed by atoms with Gasteiger partial charge in [0, 0.05) is 18.8 Å². The first-order valence-electron chi connectivity index (χ1n) is 11.2. The molecule has 0 saturated heterocycles. The summed E-state index contributed by atoms with van der Waals surface area (Å²) in [5, 5.41) is 2.96. The zero-order chi connectivity index (χ0) is 23.5. The lowest BCUT2D eigenvalue weighted by Gasteiger charge is -2.30. The highest BCUT2D eigenvalue weighted by molar-refractivity contribution is 7.99. The molecule has 0 heterocycles. The number of methoxy groups -OCH3 is 1. The first-order chi connectivity index (χ1) is 15.4. The maximum absolute atomic E-state index is 13.3. The second-order valence-electron chi connectivity index (χ2n) is 8.07. The number of ether oxygens (including phenoxy) is 1. The van der Waals surface area contributed by atoms with Crippen molar-refractivity contribution in [2.24, 2.45) is 0 Å². The van der Waals surface area contributed by atoms with E-state index < -0.39 is 6.04 Å². The van der Waals surface area contributed by atoms with E-state index in [1.165, 1.54) is 16.7 Å². The van der Waals surface area contributed by atoms with E-state index in [2.05, 4.69) is 37.4 Å². The van der Waals surface area contributed by atoms with Crippen molar-refractivity contribution in [1.82, 2.24) is 10.2 Å². The van der Waals surface area contributed by atoms with Crippen LogP contribution in [0.2, 0.25) is 0 Å². The van der Waals surface area contributed by atoms with Crippen LogP contribution in [-0.4, -0.2) is 42.2 Å². The van der Waals surface area contributed by atoms with Crippen LogP contribution in [0, 0.1) is 13.8 Å². The lowest BCUT2D eigenvalue weighted by molar-refractivity contribution is -0.139. The Kier molecular flexibility index (Phi) is 10.6. The van der Waals surface area contributed by atoms with Crippen LogP contribution in [0.1, 0.15) is 48.9 Å². The third kappa shape index (κ3) is 7.90. The van der Waals surface area contributed by atoms with Crippen molar-refractivity contribution in [3.63, 3.8) is 0 Å². The average molecular weight is 457 g/mol. The Bertz CT molecular complexity index is 863. The molecule has 0 aliphatic heterocycles. The molecular weight excluding hydrogens is 420 g/mol. The fraction of sp³-hybridized carbons (Fsp3) is 0.462. The van der Waals surface area contributed by atoms with Crippen molar-refractivity contribution in [2.75, 3.05) is 19.4 Å². The number of carbonyl (C=O) groups is 2. The monoisotopic (exact) mass is 456 g/mol. The van der Waals surface area contributed by atoms with Crippen LogP contribution < -0.4 is 10.1 Å². The summed E-state index contributed by atoms with van der Waals surface area (Å²) >= 11 is 1.59. The van der Waals surface area contributed by atoms with Crippen molar-refractivity contribution in [2.45, 2.75) is 58.9 Å². The van der Waals surface area contributed by atoms with Gasteiger partial charge in [-0.2, -0.15) is 0 Å². The topological polar surface area (TPSA) is 58.6 Å². The van der Waals surface area contributed by atoms with Gasteiger partial charge in [0.25, 0.3) is 0 Å². The molecule has 0 fully saturated rings. The lowest BCUT2D eigenvalue weighted by atomic mass is 10.1. The minimum absolute atomic E-state index is 0.0197. The van der Waals surface area contributed by atoms with Crippen LogP contribution in [0.5, 0.6) is 5.75 Å². The number of rotatable bonds is 12. The normalized spacial score (nSPS) is 11.7. The molecule has 2 aromatic carbocycles. The standard InChI is InChI=1S/C26H36N2O3S/c1-6-12-27-26(30)24(7-2)28(16-21-8-10-23(31-5)11-9-21)25(29)18-32-17-22-14-19(3)13-20(4)15-22/h8-11,13-15,24H,6-7,12,16-18H2,1-5H3,(H,27,30). The van der Waals surface area contributed by atoms with Crippen LogP contribution in [0.3, 0.4) is 0 Å². The van der Waals surface area contributed by atoms with Crippen molar-refractivity contribution < 1.29 is 14.3 Å². The minimum atomic E-state index is -0.488. The third-order valence-electron chi connectivity index (χ3n) is 5.22. The molecule has 0 saturated carbocycles. The summed E-state index contributed by atoms with van der Waals surface area (Å²) < 4.78 is 5.24. The number of nitrogens with one attached hydrogen (secondary N) is 1. The van der Waals surface area contributed by atoms with Gasteiger partial charge < -0.3 is 15.0 Å². The molecule has 0 bridgehead atoms. The molecule has 2 amide bonds. The second kappa shape index (κ2) is 13.2. The zero-order valence-corrected chi connectivity index (χ0v) is 20.8. The molecule has 0 spiro atoms. The van der Waals surface area contributed by atoms with Gasteiger partial charge in [0.05, 0.1) is 12.9 Å². The molecule has 0 aromatic heterocycles. The Balaban J connectivity index is 2.13. The van der Waals surface area contributed by atoms with E-state index in [1.807, 2.05) is 38.1 Å². The van der Waals surface area contributed by atoms with Gasteiger partial charge >= 0.3 is 0 Å². The Labute approximate surface area is 196 Å². The third-order valence-corrected chi connectivity index (χ3v) is 6.21. The number of hydrogen-bond acceptors (Lipinski definition) is 4. The quantitative estimate of drug-likeness (QED) is 0.495. The Hall–Kier alpha value is -2.47. The maximum Gasteiger partial charge on any atom is 0.242 e. The summed E-state index contributed by atoms with van der Waals surface area (Å²) in [4.78, 5) is 27.8. The Morgan fingerprint density at radius 3 is 2.25 bits per heavy atom. The number of aryl methyl sites for hydroxylation is 2. The van der Waals surface area contributed by atoms with Crippen LogP contribution in [0.25, 0.3) is 0 Å². The molecule has 2 aromatic rings. The summed E-state index contributed by atoms with van der Waals surface area (Å²) in [6, 6.07) is 13.6. The van der Waals surface area contributed by atoms with Crippen LogP contribution in [0.4, 0.5) is 0 Å². The Morgan fingerprint density at radius 2 is 1.69 bits per heavy atom. The van der Waals surface area contributed by atoms with Gasteiger partial charge in [-0.1, -0.05) is 55.3 Å². The van der Waals surface area contributed by atoms with Gasteiger partial charge in [0.1, 0.15) is 11.8 Å². The highest BCUT2D eigenvalue weighted by atomic mass is 32.2. The molecule has 6 heteroatoms. The molecule has 0 aliphatic rings. The van der Waals surface area contributed by atoms with Gasteiger partial charge in [-0.25, -0.2) is 0 Å². The number of thioether (sulfide) groups is 1. The van der Waals surface area contributed by atoms with Gasteiger partial charge in [-0.05, 0) is 49.9 Å². The molecule has 1 atom stereocenters. The van der Waals surface area contributed by atoms with E-state index in [0.29, 0.717) is 25.3 Å². The van der Waals surface area contributed by atoms with Crippen LogP contribution in [0.15, 0.2) is 42.5 Å². The zero-order valence-electron chi connectivity index (χ0n) is 19.9. The summed E-state index contributed by atoms with van der Waals surface area (Å²) in [5.74, 6) is 1.76. The molecule has 1 unspecified atom stereocenters. The van der Waals surface area contributed by atoms with Crippen LogP contribution >= 0.6 is 11.8 Å². The Morgan fingerprint density at radius 1 is 1.03 bits per heavy atom. The molecule has 32 heavy (non-hydrogen) atoms. The van der Waals surface area contributed by atoms with Gasteiger partial charge in [-0.15, -0.1) is 11.8 Å². The predicted octanol–water partition coefficient (Wildman–Crippen LogP) is 4.88. The number of amides is 2. The fourth-order valence-electron chi connectivity index (χ4n) is 3.70. The molecule has 0 radical (unpaired) electrons. The number of benzene rings is 2. The largest absolute Gasteiger partial charge is 0.497 e. The highest BCUT2D eigenvalue weighted by Crippen LogP contribution is 2.20. The van der Waals surface area contributed by atoms with E-state index in [4.69, 9.17) is 4.74 Å². The average Bonchev–Trinajstić information content (AvgIpc) is 2.77. The van der Waals surface area contributed by atoms with E-state index >= 15 is 0 Å². The van der Waals surface area contributed by atoms with Crippen molar-refractivity contribution in [3.8, 4) is 5.75 Å². The highest BCUT2D eigenvalue weighted by Gasteiger charge is 2.28. The smallest absolute Gasteiger partial charge is 0.242 e. The van der Waals surface area contributed by atoms with E-state index in [0.717, 1.165) is 23.5 Å². The number of hydrogen-bond donors (Lipinski definition) is 1. The summed E-state index contributed by atoms with van der Waals surface area (Å²) in [6.45, 7) is 9.15. The van der Waals surface area contributed by atoms with Crippen LogP contribution in [-0.2, 0) is 21.9 Å². The van der Waals surface area contributed by atoms with E-state index in [1.54, 1.807) is 23.8 Å². The van der Waals surface area contributed by atoms with Gasteiger partial charge in [0.15, 0.2) is 0 Å². The minimum Gasteiger partial charge on any atom is -0.497 e. The fourth-order valence-corrected chi connectivity index (χ4v) is 4.55. The van der Waals surface area contributed by atoms with Crippen molar-refractivity contribution in [1.29, 1.82) is 0 Å². The number of nitrogens with zero attached hydrogens (tertiary/aromatic N) is 1. The number of carbonyl (C=O) groups excluding carboxylic acids is 2. The predicted molar refractivity (Wildman–Crippen MR) is 133 cm³/mol. The lowest BCUT2D eigenvalue weighted by Crippen LogP contribution is -2.49. The second-order valence-corrected chi connectivity index (χ2v) is 9.06. The molecule has 174 valence electrons. The van der Waals surface area contributed by atoms with E-state index in [-0.39, 0.29) is 11.8 Å². The summed E-state index contributed by atoms with van der Waals surface area (Å²) in [5.41, 5.74) is 4.65. The van der Waals surface area contributed by atoms with Gasteiger partial charge in [0.2, 0.25) is 11.8 Å². The van der Waals surface area contributed by atoms with E-state index in [9.17, 15) is 9.59 Å². The molecule has 2 rings (SSSR count). The molecule has 0 aliphatic carbocycles. The SMILES string of the molecule is CCCNC(=O)C(CC)N(Cc1ccc(OC)cc1)C(=O)CSCc1cc(C)cc(C)c1. The maximum atomic E-state index is 13.3. The van der Waals surface area contributed by atoms with Crippen molar-refractivity contribution >= 4 is 23.6 Å². The van der Waals surface area contributed by atoms with Gasteiger partial charge in [-0.3, -0.25) is 9.59 Å². The van der Waals surface area contributed by atoms with Crippen molar-refractivity contribution in [3.05, 3.63) is 64.7 Å². The molecule has 5 nitrogen and oxygen atoms in total. The summed E-state index contributed by atoms with van der Waals surface area (Å²) in [7, 11) is 1.63. The first kappa shape index (κ1) is 25.8. The summed E-state index contributed by atoms with van der Waals surface area (Å²) in [6.07, 6.45) is 1.43.